The lowest BCUT2D eigenvalue weighted by Gasteiger charge is -2.22. The molecule has 0 radical (unpaired) electrons. The average Bonchev–Trinajstić information content (AvgIpc) is 2.17. The van der Waals surface area contributed by atoms with Crippen LogP contribution >= 0.6 is 0 Å². The van der Waals surface area contributed by atoms with Gasteiger partial charge in [-0.1, -0.05) is 12.1 Å². The van der Waals surface area contributed by atoms with Gasteiger partial charge >= 0.3 is 5.97 Å². The number of hydrogen-bond donors (Lipinski definition) is 2. The van der Waals surface area contributed by atoms with E-state index in [0.717, 1.165) is 0 Å². The molecule has 0 spiro atoms. The normalized spacial score (nSPS) is 10.0. The number of aliphatic carboxylic acids is 1. The largest absolute Gasteiger partial charge is 0.480 e. The van der Waals surface area contributed by atoms with E-state index in [2.05, 4.69) is 0 Å². The molecular weight excluding hydrogens is 199 g/mol. The highest BCUT2D eigenvalue weighted by Crippen LogP contribution is 2.17. The van der Waals surface area contributed by atoms with Crippen LogP contribution in [0.3, 0.4) is 0 Å². The van der Waals surface area contributed by atoms with Crippen LogP contribution in [0.2, 0.25) is 0 Å². The molecule has 1 rings (SSSR count). The topological polar surface area (TPSA) is 66.6 Å². The first-order valence-electron chi connectivity index (χ1n) is 4.56. The maximum atomic E-state index is 13.3. The van der Waals surface area contributed by atoms with Crippen molar-refractivity contribution in [1.82, 2.24) is 0 Å². The quantitative estimate of drug-likeness (QED) is 0.753. The molecule has 0 aliphatic heterocycles. The molecule has 0 saturated heterocycles. The maximum Gasteiger partial charge on any atom is 0.323 e. The van der Waals surface area contributed by atoms with Crippen molar-refractivity contribution >= 4 is 11.7 Å². The van der Waals surface area contributed by atoms with E-state index >= 15 is 0 Å². The van der Waals surface area contributed by atoms with Gasteiger partial charge in [-0.15, -0.1) is 0 Å². The fraction of sp³-hybridized carbons (Fsp3) is 0.300. The highest BCUT2D eigenvalue weighted by molar-refractivity contribution is 5.73. The zero-order valence-corrected chi connectivity index (χ0v) is 8.19. The molecule has 3 N–H and O–H groups in total. The number of para-hydroxylation sites is 1. The summed E-state index contributed by atoms with van der Waals surface area (Å²) in [5.41, 5.74) is 5.60. The second kappa shape index (κ2) is 5.31. The van der Waals surface area contributed by atoms with E-state index in [4.69, 9.17) is 10.8 Å². The van der Waals surface area contributed by atoms with Gasteiger partial charge in [-0.05, 0) is 12.1 Å². The number of halogens is 1. The number of carboxylic acids is 1. The van der Waals surface area contributed by atoms with Crippen LogP contribution in [0.1, 0.15) is 0 Å². The second-order valence-corrected chi connectivity index (χ2v) is 3.06. The molecule has 0 amide bonds. The zero-order valence-electron chi connectivity index (χ0n) is 8.19. The minimum absolute atomic E-state index is 0.252. The van der Waals surface area contributed by atoms with Gasteiger partial charge in [-0.2, -0.15) is 0 Å². The van der Waals surface area contributed by atoms with Gasteiger partial charge in [0.2, 0.25) is 0 Å². The second-order valence-electron chi connectivity index (χ2n) is 3.06. The van der Waals surface area contributed by atoms with Crippen LogP contribution in [0.15, 0.2) is 24.3 Å². The Bertz CT molecular complexity index is 344. The van der Waals surface area contributed by atoms with E-state index in [0.29, 0.717) is 6.54 Å². The Morgan fingerprint density at radius 2 is 2.13 bits per heavy atom. The van der Waals surface area contributed by atoms with Crippen molar-refractivity contribution in [2.45, 2.75) is 0 Å². The Labute approximate surface area is 87.1 Å². The van der Waals surface area contributed by atoms with Crippen molar-refractivity contribution in [3.63, 3.8) is 0 Å². The van der Waals surface area contributed by atoms with Crippen molar-refractivity contribution in [1.29, 1.82) is 0 Å². The number of benzene rings is 1. The molecule has 0 aromatic heterocycles. The summed E-state index contributed by atoms with van der Waals surface area (Å²) in [5.74, 6) is -1.45. The van der Waals surface area contributed by atoms with Crippen LogP contribution in [0.4, 0.5) is 10.1 Å². The van der Waals surface area contributed by atoms with Crippen LogP contribution in [0.5, 0.6) is 0 Å². The number of hydrogen-bond acceptors (Lipinski definition) is 3. The van der Waals surface area contributed by atoms with E-state index in [9.17, 15) is 9.18 Å². The van der Waals surface area contributed by atoms with Crippen molar-refractivity contribution in [2.24, 2.45) is 5.73 Å². The van der Waals surface area contributed by atoms with Gasteiger partial charge in [0.15, 0.2) is 0 Å². The fourth-order valence-corrected chi connectivity index (χ4v) is 1.31. The first-order chi connectivity index (χ1) is 7.15. The Morgan fingerprint density at radius 3 is 2.67 bits per heavy atom. The number of carboxylic acid groups (broad SMARTS) is 1. The molecule has 0 saturated carbocycles. The lowest BCUT2D eigenvalue weighted by atomic mass is 10.2. The summed E-state index contributed by atoms with van der Waals surface area (Å²) in [4.78, 5) is 12.0. The number of nitrogens with zero attached hydrogens (tertiary/aromatic N) is 1. The minimum Gasteiger partial charge on any atom is -0.480 e. The summed E-state index contributed by atoms with van der Waals surface area (Å²) in [5, 5.41) is 8.66. The molecule has 0 atom stereocenters. The Balaban J connectivity index is 2.88. The molecule has 82 valence electrons. The third-order valence-electron chi connectivity index (χ3n) is 1.92. The highest BCUT2D eigenvalue weighted by atomic mass is 19.1. The number of rotatable bonds is 5. The van der Waals surface area contributed by atoms with Gasteiger partial charge in [0.1, 0.15) is 12.4 Å². The van der Waals surface area contributed by atoms with Crippen LogP contribution in [-0.2, 0) is 4.79 Å². The van der Waals surface area contributed by atoms with Crippen molar-refractivity contribution < 1.29 is 14.3 Å². The first kappa shape index (κ1) is 11.5. The molecular formula is C10H13FN2O2. The van der Waals surface area contributed by atoms with Gasteiger partial charge in [0.25, 0.3) is 0 Å². The van der Waals surface area contributed by atoms with E-state index in [1.165, 1.54) is 17.0 Å². The van der Waals surface area contributed by atoms with Crippen molar-refractivity contribution in [3.05, 3.63) is 30.1 Å². The van der Waals surface area contributed by atoms with E-state index in [1.54, 1.807) is 12.1 Å². The summed E-state index contributed by atoms with van der Waals surface area (Å²) < 4.78 is 13.3. The molecule has 0 aliphatic carbocycles. The number of carbonyl (C=O) groups is 1. The standard InChI is InChI=1S/C10H13FN2O2/c11-8-3-1-2-4-9(8)13(6-5-12)7-10(14)15/h1-4H,5-7,12H2,(H,14,15). The zero-order chi connectivity index (χ0) is 11.3. The molecule has 4 nitrogen and oxygen atoms in total. The molecule has 5 heteroatoms. The molecule has 0 unspecified atom stereocenters. The molecule has 1 aromatic carbocycles. The Hall–Kier alpha value is -1.62. The minimum atomic E-state index is -1.01. The van der Waals surface area contributed by atoms with E-state index in [1.807, 2.05) is 0 Å². The Kier molecular flexibility index (Phi) is 4.05. The third-order valence-corrected chi connectivity index (χ3v) is 1.92. The number of anilines is 1. The predicted molar refractivity (Wildman–Crippen MR) is 55.3 cm³/mol. The molecule has 0 aliphatic rings. The van der Waals surface area contributed by atoms with Gasteiger partial charge in [0, 0.05) is 13.1 Å². The van der Waals surface area contributed by atoms with Crippen LogP contribution in [0.25, 0.3) is 0 Å². The average molecular weight is 212 g/mol. The lowest BCUT2D eigenvalue weighted by molar-refractivity contribution is -0.135. The summed E-state index contributed by atoms with van der Waals surface area (Å²) in [6, 6.07) is 6.04. The SMILES string of the molecule is NCCN(CC(=O)O)c1ccccc1F. The summed E-state index contributed by atoms with van der Waals surface area (Å²) in [7, 11) is 0. The monoisotopic (exact) mass is 212 g/mol. The number of nitrogens with two attached hydrogens (primary N) is 1. The highest BCUT2D eigenvalue weighted by Gasteiger charge is 2.12. The lowest BCUT2D eigenvalue weighted by Crippen LogP contribution is -2.34. The van der Waals surface area contributed by atoms with Gasteiger partial charge in [-0.25, -0.2) is 4.39 Å². The Morgan fingerprint density at radius 1 is 1.47 bits per heavy atom. The van der Waals surface area contributed by atoms with Crippen LogP contribution in [0, 0.1) is 5.82 Å². The fourth-order valence-electron chi connectivity index (χ4n) is 1.31. The summed E-state index contributed by atoms with van der Waals surface area (Å²) in [6.07, 6.45) is 0. The smallest absolute Gasteiger partial charge is 0.323 e. The van der Waals surface area contributed by atoms with Gasteiger partial charge < -0.3 is 15.7 Å². The molecule has 0 fully saturated rings. The predicted octanol–water partition coefficient (Wildman–Crippen LogP) is 0.675. The van der Waals surface area contributed by atoms with Crippen molar-refractivity contribution in [2.75, 3.05) is 24.5 Å². The van der Waals surface area contributed by atoms with E-state index < -0.39 is 11.8 Å². The molecule has 1 aromatic rings. The summed E-state index contributed by atoms with van der Waals surface area (Å²) >= 11 is 0. The molecule has 0 bridgehead atoms. The molecule has 0 heterocycles. The maximum absolute atomic E-state index is 13.3. The van der Waals surface area contributed by atoms with Crippen LogP contribution in [-0.4, -0.2) is 30.7 Å². The van der Waals surface area contributed by atoms with Gasteiger partial charge in [-0.3, -0.25) is 4.79 Å². The van der Waals surface area contributed by atoms with Crippen LogP contribution < -0.4 is 10.6 Å². The van der Waals surface area contributed by atoms with Crippen molar-refractivity contribution in [3.8, 4) is 0 Å². The van der Waals surface area contributed by atoms with E-state index in [-0.39, 0.29) is 18.8 Å². The van der Waals surface area contributed by atoms with Gasteiger partial charge in [0.05, 0.1) is 5.69 Å². The third kappa shape index (κ3) is 3.21. The first-order valence-corrected chi connectivity index (χ1v) is 4.56. The molecule has 15 heavy (non-hydrogen) atoms. The summed E-state index contributed by atoms with van der Waals surface area (Å²) in [6.45, 7) is 0.340.